The first-order valence-corrected chi connectivity index (χ1v) is 9.01. The summed E-state index contributed by atoms with van der Waals surface area (Å²) in [6, 6.07) is 7.31. The second kappa shape index (κ2) is 7.26. The Hall–Kier alpha value is -3.18. The van der Waals surface area contributed by atoms with Gasteiger partial charge in [0.05, 0.1) is 16.3 Å². The molecule has 8 nitrogen and oxygen atoms in total. The molecule has 0 aliphatic heterocycles. The van der Waals surface area contributed by atoms with Gasteiger partial charge in [0.15, 0.2) is 11.5 Å². The van der Waals surface area contributed by atoms with E-state index in [9.17, 15) is 18.0 Å². The van der Waals surface area contributed by atoms with Crippen LogP contribution in [0.2, 0.25) is 10.0 Å². The number of hydrogen-bond acceptors (Lipinski definition) is 5. The number of nitrogens with zero attached hydrogens (tertiary/aromatic N) is 6. The zero-order chi connectivity index (χ0) is 21.6. The summed E-state index contributed by atoms with van der Waals surface area (Å²) in [5.74, 6) is -1.38. The number of alkyl halides is 3. The minimum absolute atomic E-state index is 0.0786. The molecule has 13 heteroatoms. The van der Waals surface area contributed by atoms with Crippen molar-refractivity contribution in [2.24, 2.45) is 4.99 Å². The lowest BCUT2D eigenvalue weighted by Gasteiger charge is -2.05. The summed E-state index contributed by atoms with van der Waals surface area (Å²) in [6.07, 6.45) is -3.45. The van der Waals surface area contributed by atoms with Crippen molar-refractivity contribution in [3.63, 3.8) is 0 Å². The molecule has 0 saturated carbocycles. The molecule has 0 amide bonds. The van der Waals surface area contributed by atoms with E-state index in [0.29, 0.717) is 25.9 Å². The number of H-pyrrole nitrogens is 1. The number of nitrogens with one attached hydrogen (secondary N) is 1. The van der Waals surface area contributed by atoms with Gasteiger partial charge in [-0.25, -0.2) is 0 Å². The second-order valence-corrected chi connectivity index (χ2v) is 6.97. The summed E-state index contributed by atoms with van der Waals surface area (Å²) in [6.45, 7) is 1.61. The highest BCUT2D eigenvalue weighted by Gasteiger charge is 2.37. The average Bonchev–Trinajstić information content (AvgIpc) is 3.22. The standard InChI is InChI=1S/C17H10Cl2F3N7O/c1-8-10(7-23-12-3-2-9(18)6-11(12)19)15(30)28(26-8)14-5-4-13-24-25-16(17(20,21)22)29(13)27-14/h2-7,26H,1H3. The predicted octanol–water partition coefficient (Wildman–Crippen LogP) is 3.99. The third-order valence-corrected chi connectivity index (χ3v) is 4.63. The van der Waals surface area contributed by atoms with E-state index in [0.717, 1.165) is 4.68 Å². The Labute approximate surface area is 175 Å². The summed E-state index contributed by atoms with van der Waals surface area (Å²) in [4.78, 5) is 17.0. The van der Waals surface area contributed by atoms with Crippen molar-refractivity contribution in [1.82, 2.24) is 29.6 Å². The summed E-state index contributed by atoms with van der Waals surface area (Å²) in [7, 11) is 0. The van der Waals surface area contributed by atoms with Gasteiger partial charge in [-0.3, -0.25) is 14.9 Å². The highest BCUT2D eigenvalue weighted by Crippen LogP contribution is 2.28. The number of aromatic nitrogens is 6. The van der Waals surface area contributed by atoms with Crippen molar-refractivity contribution >= 4 is 40.8 Å². The lowest BCUT2D eigenvalue weighted by Crippen LogP contribution is -2.20. The predicted molar refractivity (Wildman–Crippen MR) is 104 cm³/mol. The smallest absolute Gasteiger partial charge is 0.293 e. The van der Waals surface area contributed by atoms with Crippen molar-refractivity contribution < 1.29 is 13.2 Å². The molecule has 0 fully saturated rings. The number of aryl methyl sites for hydroxylation is 1. The summed E-state index contributed by atoms with van der Waals surface area (Å²) < 4.78 is 40.8. The highest BCUT2D eigenvalue weighted by atomic mass is 35.5. The maximum Gasteiger partial charge on any atom is 0.453 e. The molecule has 3 aromatic heterocycles. The molecule has 4 aromatic rings. The van der Waals surface area contributed by atoms with Crippen LogP contribution in [-0.4, -0.2) is 35.8 Å². The van der Waals surface area contributed by atoms with Gasteiger partial charge in [0, 0.05) is 16.9 Å². The Morgan fingerprint density at radius 2 is 1.93 bits per heavy atom. The first-order chi connectivity index (χ1) is 14.1. The maximum absolute atomic E-state index is 13.1. The first-order valence-electron chi connectivity index (χ1n) is 8.26. The molecule has 0 bridgehead atoms. The number of rotatable bonds is 3. The first kappa shape index (κ1) is 20.1. The molecule has 0 aliphatic carbocycles. The fourth-order valence-corrected chi connectivity index (χ4v) is 3.13. The van der Waals surface area contributed by atoms with Gasteiger partial charge in [-0.1, -0.05) is 23.2 Å². The summed E-state index contributed by atoms with van der Waals surface area (Å²) in [5, 5.41) is 13.9. The van der Waals surface area contributed by atoms with E-state index >= 15 is 0 Å². The Balaban J connectivity index is 1.77. The van der Waals surface area contributed by atoms with Gasteiger partial charge in [-0.2, -0.15) is 22.4 Å². The minimum Gasteiger partial charge on any atom is -0.293 e. The van der Waals surface area contributed by atoms with Crippen molar-refractivity contribution in [1.29, 1.82) is 0 Å². The topological polar surface area (TPSA) is 93.2 Å². The van der Waals surface area contributed by atoms with Crippen LogP contribution in [0.3, 0.4) is 0 Å². The van der Waals surface area contributed by atoms with E-state index in [1.807, 2.05) is 0 Å². The lowest BCUT2D eigenvalue weighted by molar-refractivity contribution is -0.146. The summed E-state index contributed by atoms with van der Waals surface area (Å²) >= 11 is 11.9. The Kier molecular flexibility index (Phi) is 4.86. The van der Waals surface area contributed by atoms with Crippen LogP contribution in [0.5, 0.6) is 0 Å². The van der Waals surface area contributed by atoms with E-state index in [2.05, 4.69) is 25.4 Å². The monoisotopic (exact) mass is 455 g/mol. The lowest BCUT2D eigenvalue weighted by atomic mass is 10.3. The molecule has 0 spiro atoms. The zero-order valence-electron chi connectivity index (χ0n) is 14.9. The molecule has 30 heavy (non-hydrogen) atoms. The molecule has 1 N–H and O–H groups in total. The van der Waals surface area contributed by atoms with Crippen LogP contribution in [0.1, 0.15) is 17.1 Å². The number of aliphatic imine (C=N–C) groups is 1. The van der Waals surface area contributed by atoms with Crippen LogP contribution >= 0.6 is 23.2 Å². The van der Waals surface area contributed by atoms with Crippen LogP contribution in [0.4, 0.5) is 18.9 Å². The van der Waals surface area contributed by atoms with E-state index in [1.54, 1.807) is 19.1 Å². The second-order valence-electron chi connectivity index (χ2n) is 6.13. The van der Waals surface area contributed by atoms with Crippen molar-refractivity contribution in [2.75, 3.05) is 0 Å². The average molecular weight is 456 g/mol. The normalized spacial score (nSPS) is 12.3. The van der Waals surface area contributed by atoms with E-state index in [4.69, 9.17) is 23.2 Å². The van der Waals surface area contributed by atoms with E-state index in [-0.39, 0.29) is 17.0 Å². The molecule has 0 atom stereocenters. The molecule has 0 aliphatic rings. The largest absolute Gasteiger partial charge is 0.453 e. The fourth-order valence-electron chi connectivity index (χ4n) is 2.67. The fraction of sp³-hybridized carbons (Fsp3) is 0.118. The molecule has 0 radical (unpaired) electrons. The van der Waals surface area contributed by atoms with Gasteiger partial charge in [0.25, 0.3) is 11.4 Å². The SMILES string of the molecule is Cc1[nH]n(-c2ccc3nnc(C(F)(F)F)n3n2)c(=O)c1C=Nc1ccc(Cl)cc1Cl. The minimum atomic E-state index is -4.75. The zero-order valence-corrected chi connectivity index (χ0v) is 16.5. The molecule has 0 saturated heterocycles. The van der Waals surface area contributed by atoms with Gasteiger partial charge in [-0.05, 0) is 37.3 Å². The molecular weight excluding hydrogens is 446 g/mol. The summed E-state index contributed by atoms with van der Waals surface area (Å²) in [5.41, 5.74) is 0.334. The Morgan fingerprint density at radius 3 is 2.63 bits per heavy atom. The third kappa shape index (κ3) is 3.57. The van der Waals surface area contributed by atoms with Gasteiger partial charge < -0.3 is 0 Å². The van der Waals surface area contributed by atoms with Crippen molar-refractivity contribution in [3.05, 3.63) is 67.8 Å². The van der Waals surface area contributed by atoms with Crippen LogP contribution in [-0.2, 0) is 6.18 Å². The number of halogens is 5. The maximum atomic E-state index is 13.1. The molecule has 0 unspecified atom stereocenters. The van der Waals surface area contributed by atoms with Gasteiger partial charge in [-0.15, -0.1) is 15.3 Å². The Bertz CT molecular complexity index is 1350. The molecule has 154 valence electrons. The Morgan fingerprint density at radius 1 is 1.17 bits per heavy atom. The van der Waals surface area contributed by atoms with Gasteiger partial charge in [0.1, 0.15) is 0 Å². The van der Waals surface area contributed by atoms with Crippen molar-refractivity contribution in [3.8, 4) is 5.82 Å². The van der Waals surface area contributed by atoms with E-state index in [1.165, 1.54) is 24.4 Å². The quantitative estimate of drug-likeness (QED) is 0.472. The highest BCUT2D eigenvalue weighted by molar-refractivity contribution is 6.36. The molecule has 3 heterocycles. The van der Waals surface area contributed by atoms with Gasteiger partial charge >= 0.3 is 6.18 Å². The van der Waals surface area contributed by atoms with Crippen molar-refractivity contribution in [2.45, 2.75) is 13.1 Å². The molecular formula is C17H10Cl2F3N7O. The number of hydrogen-bond donors (Lipinski definition) is 1. The van der Waals surface area contributed by atoms with Crippen LogP contribution in [0.25, 0.3) is 11.5 Å². The van der Waals surface area contributed by atoms with Crippen LogP contribution in [0, 0.1) is 6.92 Å². The van der Waals surface area contributed by atoms with E-state index < -0.39 is 17.6 Å². The van der Waals surface area contributed by atoms with Gasteiger partial charge in [0.2, 0.25) is 0 Å². The van der Waals surface area contributed by atoms with Crippen LogP contribution in [0.15, 0.2) is 40.1 Å². The third-order valence-electron chi connectivity index (χ3n) is 4.09. The number of aromatic amines is 1. The molecule has 1 aromatic carbocycles. The number of fused-ring (bicyclic) bond motifs is 1. The number of benzene rings is 1. The molecule has 4 rings (SSSR count). The van der Waals surface area contributed by atoms with Crippen LogP contribution < -0.4 is 5.56 Å².